The van der Waals surface area contributed by atoms with Gasteiger partial charge < -0.3 is 0 Å². The van der Waals surface area contributed by atoms with Crippen molar-refractivity contribution in [3.8, 4) is 6.07 Å². The maximum atomic E-state index is 8.39. The standard InChI is InChI=1S/C12H14BrN/c13-10-12-7-4-6-11(9-12)5-2-1-3-8-14/h4,6-7,9H,1-3,5,10H2. The molecule has 2 heteroatoms. The fourth-order valence-corrected chi connectivity index (χ4v) is 1.75. The Kier molecular flexibility index (Phi) is 5.32. The smallest absolute Gasteiger partial charge is 0.0621 e. The summed E-state index contributed by atoms with van der Waals surface area (Å²) in [5.74, 6) is 0. The van der Waals surface area contributed by atoms with E-state index in [4.69, 9.17) is 5.26 Å². The lowest BCUT2D eigenvalue weighted by Crippen LogP contribution is -1.87. The van der Waals surface area contributed by atoms with Gasteiger partial charge in [0.1, 0.15) is 0 Å². The summed E-state index contributed by atoms with van der Waals surface area (Å²) in [6.45, 7) is 0. The van der Waals surface area contributed by atoms with Crippen LogP contribution in [0.3, 0.4) is 0 Å². The summed E-state index contributed by atoms with van der Waals surface area (Å²) in [5.41, 5.74) is 2.70. The Balaban J connectivity index is 2.39. The third kappa shape index (κ3) is 3.93. The molecule has 0 saturated heterocycles. The Morgan fingerprint density at radius 3 is 2.71 bits per heavy atom. The van der Waals surface area contributed by atoms with Crippen LogP contribution in [0.15, 0.2) is 24.3 Å². The van der Waals surface area contributed by atoms with E-state index in [2.05, 4.69) is 46.3 Å². The molecule has 0 spiro atoms. The van der Waals surface area contributed by atoms with E-state index < -0.39 is 0 Å². The highest BCUT2D eigenvalue weighted by atomic mass is 79.9. The lowest BCUT2D eigenvalue weighted by atomic mass is 10.1. The van der Waals surface area contributed by atoms with Gasteiger partial charge in [0.25, 0.3) is 0 Å². The molecule has 74 valence electrons. The molecule has 0 amide bonds. The summed E-state index contributed by atoms with van der Waals surface area (Å²) in [7, 11) is 0. The van der Waals surface area contributed by atoms with Gasteiger partial charge in [-0.15, -0.1) is 0 Å². The SMILES string of the molecule is N#CCCCCc1cccc(CBr)c1. The molecule has 0 aliphatic carbocycles. The van der Waals surface area contributed by atoms with Gasteiger partial charge in [0.2, 0.25) is 0 Å². The number of rotatable bonds is 5. The predicted molar refractivity (Wildman–Crippen MR) is 62.2 cm³/mol. The van der Waals surface area contributed by atoms with E-state index in [1.807, 2.05) is 0 Å². The molecule has 1 rings (SSSR count). The van der Waals surface area contributed by atoms with Crippen LogP contribution in [0.1, 0.15) is 30.4 Å². The summed E-state index contributed by atoms with van der Waals surface area (Å²) >= 11 is 3.44. The first-order valence-electron chi connectivity index (χ1n) is 4.87. The minimum atomic E-state index is 0.679. The zero-order chi connectivity index (χ0) is 10.2. The topological polar surface area (TPSA) is 23.8 Å². The number of halogens is 1. The molecule has 0 heterocycles. The van der Waals surface area contributed by atoms with Crippen molar-refractivity contribution in [3.05, 3.63) is 35.4 Å². The second-order valence-corrected chi connectivity index (χ2v) is 3.88. The summed E-state index contributed by atoms with van der Waals surface area (Å²) in [5, 5.41) is 9.31. The van der Waals surface area contributed by atoms with Crippen LogP contribution in [0.5, 0.6) is 0 Å². The van der Waals surface area contributed by atoms with Crippen molar-refractivity contribution in [2.45, 2.75) is 31.0 Å². The zero-order valence-electron chi connectivity index (χ0n) is 8.17. The van der Waals surface area contributed by atoms with E-state index in [0.29, 0.717) is 6.42 Å². The maximum Gasteiger partial charge on any atom is 0.0621 e. The highest BCUT2D eigenvalue weighted by Crippen LogP contribution is 2.11. The fourth-order valence-electron chi connectivity index (χ4n) is 1.40. The Labute approximate surface area is 93.9 Å². The molecule has 14 heavy (non-hydrogen) atoms. The largest absolute Gasteiger partial charge is 0.198 e. The molecule has 0 aliphatic rings. The molecule has 1 aromatic carbocycles. The van der Waals surface area contributed by atoms with E-state index in [1.165, 1.54) is 11.1 Å². The zero-order valence-corrected chi connectivity index (χ0v) is 9.76. The quantitative estimate of drug-likeness (QED) is 0.577. The predicted octanol–water partition coefficient (Wildman–Crippen LogP) is 3.82. The van der Waals surface area contributed by atoms with Crippen LogP contribution < -0.4 is 0 Å². The van der Waals surface area contributed by atoms with Crippen molar-refractivity contribution in [1.29, 1.82) is 5.26 Å². The van der Waals surface area contributed by atoms with Crippen LogP contribution >= 0.6 is 15.9 Å². The Morgan fingerprint density at radius 2 is 2.00 bits per heavy atom. The highest BCUT2D eigenvalue weighted by molar-refractivity contribution is 9.08. The Morgan fingerprint density at radius 1 is 1.21 bits per heavy atom. The molecule has 0 atom stereocenters. The van der Waals surface area contributed by atoms with Crippen LogP contribution in [0.4, 0.5) is 0 Å². The van der Waals surface area contributed by atoms with Crippen molar-refractivity contribution >= 4 is 15.9 Å². The maximum absolute atomic E-state index is 8.39. The van der Waals surface area contributed by atoms with E-state index in [0.717, 1.165) is 24.6 Å². The Bertz CT molecular complexity index is 314. The normalized spacial score (nSPS) is 9.71. The van der Waals surface area contributed by atoms with E-state index >= 15 is 0 Å². The minimum absolute atomic E-state index is 0.679. The molecule has 1 aromatic rings. The van der Waals surface area contributed by atoms with Gasteiger partial charge in [-0.3, -0.25) is 0 Å². The molecule has 0 unspecified atom stereocenters. The van der Waals surface area contributed by atoms with Crippen LogP contribution in [0, 0.1) is 11.3 Å². The van der Waals surface area contributed by atoms with Gasteiger partial charge in [-0.2, -0.15) is 5.26 Å². The first kappa shape index (κ1) is 11.3. The molecule has 0 fully saturated rings. The summed E-state index contributed by atoms with van der Waals surface area (Å²) in [4.78, 5) is 0. The van der Waals surface area contributed by atoms with Gasteiger partial charge in [-0.25, -0.2) is 0 Å². The average molecular weight is 252 g/mol. The van der Waals surface area contributed by atoms with E-state index in [1.54, 1.807) is 0 Å². The van der Waals surface area contributed by atoms with Crippen molar-refractivity contribution in [2.75, 3.05) is 0 Å². The lowest BCUT2D eigenvalue weighted by Gasteiger charge is -2.01. The number of unbranched alkanes of at least 4 members (excludes halogenated alkanes) is 2. The molecule has 0 radical (unpaired) electrons. The van der Waals surface area contributed by atoms with Gasteiger partial charge in [-0.05, 0) is 30.4 Å². The van der Waals surface area contributed by atoms with Gasteiger partial charge in [0, 0.05) is 11.8 Å². The number of alkyl halides is 1. The molecule has 0 saturated carbocycles. The summed E-state index contributed by atoms with van der Waals surface area (Å²) in [6, 6.07) is 10.8. The van der Waals surface area contributed by atoms with Gasteiger partial charge >= 0.3 is 0 Å². The number of nitriles is 1. The van der Waals surface area contributed by atoms with Gasteiger partial charge in [-0.1, -0.05) is 40.2 Å². The fraction of sp³-hybridized carbons (Fsp3) is 0.417. The average Bonchev–Trinajstić information content (AvgIpc) is 2.25. The summed E-state index contributed by atoms with van der Waals surface area (Å²) in [6.07, 6.45) is 3.88. The molecule has 0 aliphatic heterocycles. The Hall–Kier alpha value is -0.810. The monoisotopic (exact) mass is 251 g/mol. The van der Waals surface area contributed by atoms with Crippen molar-refractivity contribution < 1.29 is 0 Å². The second-order valence-electron chi connectivity index (χ2n) is 3.32. The third-order valence-electron chi connectivity index (χ3n) is 2.15. The number of aryl methyl sites for hydroxylation is 1. The van der Waals surface area contributed by atoms with Crippen molar-refractivity contribution in [2.24, 2.45) is 0 Å². The molecule has 1 nitrogen and oxygen atoms in total. The highest BCUT2D eigenvalue weighted by Gasteiger charge is 1.95. The number of hydrogen-bond acceptors (Lipinski definition) is 1. The number of benzene rings is 1. The van der Waals surface area contributed by atoms with Crippen LogP contribution in [-0.4, -0.2) is 0 Å². The first-order chi connectivity index (χ1) is 6.86. The lowest BCUT2D eigenvalue weighted by molar-refractivity contribution is 0.752. The van der Waals surface area contributed by atoms with Crippen molar-refractivity contribution in [1.82, 2.24) is 0 Å². The minimum Gasteiger partial charge on any atom is -0.198 e. The van der Waals surface area contributed by atoms with Crippen LogP contribution in [0.25, 0.3) is 0 Å². The molecular formula is C12H14BrN. The van der Waals surface area contributed by atoms with E-state index in [9.17, 15) is 0 Å². The number of hydrogen-bond donors (Lipinski definition) is 0. The first-order valence-corrected chi connectivity index (χ1v) is 5.99. The molecule has 0 N–H and O–H groups in total. The van der Waals surface area contributed by atoms with E-state index in [-0.39, 0.29) is 0 Å². The molecule has 0 aromatic heterocycles. The number of nitrogens with zero attached hydrogens (tertiary/aromatic N) is 1. The van der Waals surface area contributed by atoms with Gasteiger partial charge in [0.05, 0.1) is 6.07 Å². The molecule has 0 bridgehead atoms. The molecular weight excluding hydrogens is 238 g/mol. The summed E-state index contributed by atoms with van der Waals surface area (Å²) < 4.78 is 0. The van der Waals surface area contributed by atoms with Crippen LogP contribution in [-0.2, 0) is 11.8 Å². The third-order valence-corrected chi connectivity index (χ3v) is 2.80. The van der Waals surface area contributed by atoms with Crippen LogP contribution in [0.2, 0.25) is 0 Å². The second kappa shape index (κ2) is 6.62. The van der Waals surface area contributed by atoms with Gasteiger partial charge in [0.15, 0.2) is 0 Å². The van der Waals surface area contributed by atoms with Crippen molar-refractivity contribution in [3.63, 3.8) is 0 Å².